The molecule has 0 aliphatic heterocycles. The van der Waals surface area contributed by atoms with Gasteiger partial charge in [0.15, 0.2) is 0 Å². The van der Waals surface area contributed by atoms with Gasteiger partial charge in [-0.05, 0) is 17.5 Å². The molecule has 0 bridgehead atoms. The highest BCUT2D eigenvalue weighted by Crippen LogP contribution is 2.21. The summed E-state index contributed by atoms with van der Waals surface area (Å²) in [6, 6.07) is 4.23. The highest BCUT2D eigenvalue weighted by Gasteiger charge is 2.14. The van der Waals surface area contributed by atoms with Gasteiger partial charge >= 0.3 is 0 Å². The third-order valence-electron chi connectivity index (χ3n) is 2.85. The van der Waals surface area contributed by atoms with Crippen LogP contribution in [0.1, 0.15) is 51.8 Å². The predicted octanol–water partition coefficient (Wildman–Crippen LogP) is 3.85. The second kappa shape index (κ2) is 5.35. The Labute approximate surface area is 105 Å². The Morgan fingerprint density at radius 3 is 2.41 bits per heavy atom. The number of pyridine rings is 1. The van der Waals surface area contributed by atoms with Gasteiger partial charge in [-0.1, -0.05) is 47.3 Å². The number of hydrogen-bond acceptors (Lipinski definition) is 2. The Kier molecular flexibility index (Phi) is 4.33. The molecule has 1 heterocycles. The zero-order valence-corrected chi connectivity index (χ0v) is 11.7. The molecule has 2 nitrogen and oxygen atoms in total. The molecule has 0 saturated heterocycles. The van der Waals surface area contributed by atoms with E-state index in [1.165, 1.54) is 5.56 Å². The lowest BCUT2D eigenvalue weighted by Gasteiger charge is -2.23. The van der Waals surface area contributed by atoms with Gasteiger partial charge in [0.25, 0.3) is 0 Å². The number of hydrogen-bond donors (Lipinski definition) is 1. The van der Waals surface area contributed by atoms with Crippen molar-refractivity contribution in [2.24, 2.45) is 5.41 Å². The minimum absolute atomic E-state index is 0.102. The van der Waals surface area contributed by atoms with Crippen molar-refractivity contribution in [2.75, 3.05) is 0 Å². The minimum atomic E-state index is 0.102. The summed E-state index contributed by atoms with van der Waals surface area (Å²) in [5.74, 6) is 0.488. The number of allylic oxidation sites excluding steroid dienone is 1. The summed E-state index contributed by atoms with van der Waals surface area (Å²) in [6.07, 6.45) is 1.94. The summed E-state index contributed by atoms with van der Waals surface area (Å²) >= 11 is 0. The highest BCUT2D eigenvalue weighted by molar-refractivity contribution is 5.17. The van der Waals surface area contributed by atoms with Gasteiger partial charge in [0.05, 0.1) is 0 Å². The lowest BCUT2D eigenvalue weighted by Crippen LogP contribution is -2.23. The van der Waals surface area contributed by atoms with Crippen molar-refractivity contribution in [2.45, 2.75) is 47.1 Å². The van der Waals surface area contributed by atoms with Crippen molar-refractivity contribution < 1.29 is 0 Å². The monoisotopic (exact) mass is 232 g/mol. The maximum atomic E-state index is 4.45. The van der Waals surface area contributed by atoms with Crippen LogP contribution in [-0.2, 0) is 6.54 Å². The molecular formula is C15H24N2. The quantitative estimate of drug-likeness (QED) is 0.852. The van der Waals surface area contributed by atoms with Crippen molar-refractivity contribution >= 4 is 0 Å². The second-order valence-corrected chi connectivity index (χ2v) is 5.83. The molecule has 0 fully saturated rings. The Bertz CT molecular complexity index is 369. The van der Waals surface area contributed by atoms with E-state index in [9.17, 15) is 0 Å². The average Bonchev–Trinajstić information content (AvgIpc) is 2.25. The summed E-state index contributed by atoms with van der Waals surface area (Å²) in [4.78, 5) is 4.45. The van der Waals surface area contributed by atoms with Gasteiger partial charge in [-0.25, -0.2) is 0 Å². The van der Waals surface area contributed by atoms with Gasteiger partial charge in [-0.3, -0.25) is 4.98 Å². The molecule has 17 heavy (non-hydrogen) atoms. The number of nitrogens with one attached hydrogen (secondary N) is 1. The van der Waals surface area contributed by atoms with Gasteiger partial charge in [-0.15, -0.1) is 0 Å². The van der Waals surface area contributed by atoms with Crippen LogP contribution in [0.4, 0.5) is 0 Å². The van der Waals surface area contributed by atoms with Crippen molar-refractivity contribution in [1.82, 2.24) is 10.3 Å². The summed E-state index contributed by atoms with van der Waals surface area (Å²) in [5.41, 5.74) is 3.50. The molecule has 0 atom stereocenters. The smallest absolute Gasteiger partial charge is 0.0429 e. The molecule has 0 unspecified atom stereocenters. The van der Waals surface area contributed by atoms with Crippen LogP contribution in [0, 0.1) is 5.41 Å². The SMILES string of the molecule is C=C(NCc1ccc(C(C)C)nc1)C(C)(C)C. The van der Waals surface area contributed by atoms with Crippen molar-refractivity contribution in [3.05, 3.63) is 41.9 Å². The molecule has 0 spiro atoms. The Morgan fingerprint density at radius 2 is 2.00 bits per heavy atom. The summed E-state index contributed by atoms with van der Waals surface area (Å²) in [5, 5.41) is 3.35. The van der Waals surface area contributed by atoms with E-state index in [-0.39, 0.29) is 5.41 Å². The molecular weight excluding hydrogens is 208 g/mol. The van der Waals surface area contributed by atoms with Crippen molar-refractivity contribution in [1.29, 1.82) is 0 Å². The first-order valence-corrected chi connectivity index (χ1v) is 6.19. The van der Waals surface area contributed by atoms with E-state index in [0.717, 1.165) is 17.9 Å². The molecule has 0 amide bonds. The fourth-order valence-corrected chi connectivity index (χ4v) is 1.36. The normalized spacial score (nSPS) is 11.6. The van der Waals surface area contributed by atoms with Gasteiger partial charge < -0.3 is 5.32 Å². The van der Waals surface area contributed by atoms with E-state index in [1.807, 2.05) is 6.20 Å². The number of aromatic nitrogens is 1. The molecule has 0 saturated carbocycles. The Morgan fingerprint density at radius 1 is 1.35 bits per heavy atom. The van der Waals surface area contributed by atoms with Gasteiger partial charge in [0.2, 0.25) is 0 Å². The van der Waals surface area contributed by atoms with Crippen LogP contribution in [0.15, 0.2) is 30.6 Å². The van der Waals surface area contributed by atoms with E-state index in [4.69, 9.17) is 0 Å². The molecule has 1 N–H and O–H groups in total. The third-order valence-corrected chi connectivity index (χ3v) is 2.85. The van der Waals surface area contributed by atoms with Crippen LogP contribution in [0.2, 0.25) is 0 Å². The van der Waals surface area contributed by atoms with Crippen LogP contribution in [0.3, 0.4) is 0 Å². The molecule has 0 aliphatic rings. The summed E-state index contributed by atoms with van der Waals surface area (Å²) in [7, 11) is 0. The van der Waals surface area contributed by atoms with E-state index < -0.39 is 0 Å². The number of nitrogens with zero attached hydrogens (tertiary/aromatic N) is 1. The van der Waals surface area contributed by atoms with Crippen molar-refractivity contribution in [3.63, 3.8) is 0 Å². The van der Waals surface area contributed by atoms with E-state index in [2.05, 4.69) is 63.6 Å². The number of rotatable bonds is 4. The summed E-state index contributed by atoms with van der Waals surface area (Å²) in [6.45, 7) is 15.6. The zero-order chi connectivity index (χ0) is 13.1. The average molecular weight is 232 g/mol. The fraction of sp³-hybridized carbons (Fsp3) is 0.533. The first-order chi connectivity index (χ1) is 7.80. The lowest BCUT2D eigenvalue weighted by molar-refractivity contribution is 0.461. The first-order valence-electron chi connectivity index (χ1n) is 6.19. The van der Waals surface area contributed by atoms with Gasteiger partial charge in [0, 0.05) is 29.5 Å². The zero-order valence-electron chi connectivity index (χ0n) is 11.7. The minimum Gasteiger partial charge on any atom is -0.384 e. The van der Waals surface area contributed by atoms with Crippen LogP contribution in [0.25, 0.3) is 0 Å². The highest BCUT2D eigenvalue weighted by atomic mass is 14.9. The molecule has 1 aromatic heterocycles. The molecule has 0 aliphatic carbocycles. The van der Waals surface area contributed by atoms with Gasteiger partial charge in [0.1, 0.15) is 0 Å². The maximum absolute atomic E-state index is 4.45. The van der Waals surface area contributed by atoms with Crippen LogP contribution < -0.4 is 5.32 Å². The molecule has 1 rings (SSSR count). The van der Waals surface area contributed by atoms with E-state index >= 15 is 0 Å². The topological polar surface area (TPSA) is 24.9 Å². The van der Waals surface area contributed by atoms with Crippen LogP contribution >= 0.6 is 0 Å². The molecule has 94 valence electrons. The van der Waals surface area contributed by atoms with Crippen molar-refractivity contribution in [3.8, 4) is 0 Å². The molecule has 1 aromatic rings. The van der Waals surface area contributed by atoms with Crippen LogP contribution in [-0.4, -0.2) is 4.98 Å². The van der Waals surface area contributed by atoms with E-state index in [1.54, 1.807) is 0 Å². The summed E-state index contributed by atoms with van der Waals surface area (Å²) < 4.78 is 0. The second-order valence-electron chi connectivity index (χ2n) is 5.83. The molecule has 2 heteroatoms. The predicted molar refractivity (Wildman–Crippen MR) is 73.8 cm³/mol. The Hall–Kier alpha value is -1.31. The largest absolute Gasteiger partial charge is 0.384 e. The lowest BCUT2D eigenvalue weighted by atomic mass is 9.93. The van der Waals surface area contributed by atoms with Crippen LogP contribution in [0.5, 0.6) is 0 Å². The third kappa shape index (κ3) is 4.22. The standard InChI is InChI=1S/C15H24N2/c1-11(2)14-8-7-13(10-17-14)9-16-12(3)15(4,5)6/h7-8,10-11,16H,3,9H2,1-2,4-6H3. The maximum Gasteiger partial charge on any atom is 0.0429 e. The Balaban J connectivity index is 2.56. The van der Waals surface area contributed by atoms with E-state index in [0.29, 0.717) is 5.92 Å². The molecule has 0 radical (unpaired) electrons. The van der Waals surface area contributed by atoms with Gasteiger partial charge in [-0.2, -0.15) is 0 Å². The fourth-order valence-electron chi connectivity index (χ4n) is 1.36. The first kappa shape index (κ1) is 13.8. The molecule has 0 aromatic carbocycles.